The molecule has 3 heteroatoms. The molecular formula is C3H3FGeO. The summed E-state index contributed by atoms with van der Waals surface area (Å²) in [7, 11) is 0. The molecule has 2 radical (unpaired) electrons. The van der Waals surface area contributed by atoms with Crippen LogP contribution in [0.5, 0.6) is 0 Å². The molecule has 0 aromatic heterocycles. The van der Waals surface area contributed by atoms with Crippen LogP contribution in [0.4, 0.5) is 3.50 Å². The molecule has 0 saturated heterocycles. The number of hydrogen-bond acceptors (Lipinski definition) is 1. The first-order valence-electron chi connectivity index (χ1n) is 1.38. The molecule has 0 atom stereocenters. The van der Waals surface area contributed by atoms with Gasteiger partial charge in [0.2, 0.25) is 0 Å². The van der Waals surface area contributed by atoms with E-state index in [1.54, 1.807) is 0 Å². The van der Waals surface area contributed by atoms with Gasteiger partial charge in [0.15, 0.2) is 0 Å². The molecule has 0 unspecified atom stereocenters. The average molecular weight is 147 g/mol. The van der Waals surface area contributed by atoms with Crippen LogP contribution in [-0.4, -0.2) is 22.2 Å². The molecule has 0 fully saturated rings. The van der Waals surface area contributed by atoms with Gasteiger partial charge in [-0.15, -0.1) is 0 Å². The molecule has 0 saturated carbocycles. The van der Waals surface area contributed by atoms with Crippen LogP contribution in [0.3, 0.4) is 0 Å². The first-order valence-corrected chi connectivity index (χ1v) is 3.38. The van der Waals surface area contributed by atoms with Gasteiger partial charge in [-0.25, -0.2) is 0 Å². The summed E-state index contributed by atoms with van der Waals surface area (Å²) in [6.07, 6.45) is 1.75. The zero-order valence-corrected chi connectivity index (χ0v) is 5.12. The third kappa shape index (κ3) is 3.88. The fourth-order valence-electron chi connectivity index (χ4n) is 0.0757. The predicted molar refractivity (Wildman–Crippen MR) is 22.1 cm³/mol. The first kappa shape index (κ1) is 5.88. The van der Waals surface area contributed by atoms with Gasteiger partial charge in [0.1, 0.15) is 0 Å². The maximum absolute atomic E-state index is 11.1. The third-order valence-corrected chi connectivity index (χ3v) is 0.906. The van der Waals surface area contributed by atoms with E-state index in [0.29, 0.717) is 6.29 Å². The van der Waals surface area contributed by atoms with Gasteiger partial charge in [-0.05, 0) is 0 Å². The molecule has 32 valence electrons. The molecule has 0 aromatic carbocycles. The van der Waals surface area contributed by atoms with Crippen molar-refractivity contribution in [2.75, 3.05) is 0 Å². The van der Waals surface area contributed by atoms with E-state index < -0.39 is 15.9 Å². The van der Waals surface area contributed by atoms with Gasteiger partial charge in [-0.3, -0.25) is 0 Å². The molecule has 1 nitrogen and oxygen atoms in total. The fourth-order valence-corrected chi connectivity index (χ4v) is 0.393. The molecular weight excluding hydrogens is 144 g/mol. The zero-order chi connectivity index (χ0) is 4.83. The maximum atomic E-state index is 11.1. The van der Waals surface area contributed by atoms with Gasteiger partial charge in [0.05, 0.1) is 0 Å². The van der Waals surface area contributed by atoms with Gasteiger partial charge in [-0.1, -0.05) is 0 Å². The summed E-state index contributed by atoms with van der Waals surface area (Å²) in [5.74, 6) is 0. The second-order valence-corrected chi connectivity index (χ2v) is 1.76. The zero-order valence-electron chi connectivity index (χ0n) is 3.02. The van der Waals surface area contributed by atoms with E-state index in [4.69, 9.17) is 0 Å². The Morgan fingerprint density at radius 2 is 2.33 bits per heavy atom. The van der Waals surface area contributed by atoms with E-state index in [1.807, 2.05) is 0 Å². The van der Waals surface area contributed by atoms with Crippen molar-refractivity contribution < 1.29 is 8.30 Å². The topological polar surface area (TPSA) is 17.1 Å². The Morgan fingerprint density at radius 3 is 2.50 bits per heavy atom. The van der Waals surface area contributed by atoms with Crippen molar-refractivity contribution >= 4 is 22.2 Å². The normalized spacial score (nSPS) is 9.50. The Morgan fingerprint density at radius 1 is 1.67 bits per heavy atom. The van der Waals surface area contributed by atoms with Crippen LogP contribution in [0.15, 0.2) is 11.0 Å². The number of carbonyl (C=O) groups excluding carboxylic acids is 1. The molecule has 6 heavy (non-hydrogen) atoms. The van der Waals surface area contributed by atoms with Gasteiger partial charge in [0.25, 0.3) is 0 Å². The van der Waals surface area contributed by atoms with Crippen LogP contribution in [-0.2, 0) is 4.79 Å². The molecule has 0 aliphatic heterocycles. The van der Waals surface area contributed by atoms with Crippen LogP contribution in [0.25, 0.3) is 0 Å². The number of halogens is 1. The fraction of sp³-hybridized carbons (Fsp3) is 0. The van der Waals surface area contributed by atoms with Crippen LogP contribution < -0.4 is 0 Å². The van der Waals surface area contributed by atoms with Crippen molar-refractivity contribution in [1.82, 2.24) is 0 Å². The molecule has 0 heterocycles. The SMILES string of the molecule is O=C/C=[CH]\[Ge][F]. The predicted octanol–water partition coefficient (Wildman–Crippen LogP) is 0.288. The van der Waals surface area contributed by atoms with Crippen molar-refractivity contribution in [3.05, 3.63) is 11.0 Å². The molecule has 0 spiro atoms. The Labute approximate surface area is 42.2 Å². The number of carbonyl (C=O) groups is 1. The van der Waals surface area contributed by atoms with Crippen molar-refractivity contribution in [2.24, 2.45) is 0 Å². The van der Waals surface area contributed by atoms with Crippen molar-refractivity contribution in [2.45, 2.75) is 0 Å². The quantitative estimate of drug-likeness (QED) is 0.311. The summed E-state index contributed by atoms with van der Waals surface area (Å²) in [5, 5.41) is 0. The Hall–Kier alpha value is -0.117. The van der Waals surface area contributed by atoms with Crippen LogP contribution in [0, 0.1) is 0 Å². The Kier molecular flexibility index (Phi) is 4.79. The summed E-state index contributed by atoms with van der Waals surface area (Å²) < 4.78 is 11.1. The van der Waals surface area contributed by atoms with Crippen molar-refractivity contribution in [3.8, 4) is 0 Å². The van der Waals surface area contributed by atoms with E-state index in [1.165, 1.54) is 11.0 Å². The van der Waals surface area contributed by atoms with Gasteiger partial charge >= 0.3 is 41.5 Å². The molecule has 0 N–H and O–H groups in total. The van der Waals surface area contributed by atoms with E-state index >= 15 is 0 Å². The minimum atomic E-state index is -1.41. The van der Waals surface area contributed by atoms with Crippen molar-refractivity contribution in [3.63, 3.8) is 0 Å². The minimum absolute atomic E-state index is 0.572. The van der Waals surface area contributed by atoms with E-state index in [9.17, 15) is 8.30 Å². The van der Waals surface area contributed by atoms with Crippen LogP contribution in [0.1, 0.15) is 0 Å². The summed E-state index contributed by atoms with van der Waals surface area (Å²) in [5.41, 5.74) is 0. The summed E-state index contributed by atoms with van der Waals surface area (Å²) >= 11 is -1.41. The molecule has 0 bridgehead atoms. The first-order chi connectivity index (χ1) is 2.91. The van der Waals surface area contributed by atoms with Crippen LogP contribution >= 0.6 is 0 Å². The Bertz CT molecular complexity index is 61.8. The number of hydrogen-bond donors (Lipinski definition) is 0. The monoisotopic (exact) mass is 148 g/mol. The molecule has 0 rings (SSSR count). The molecule has 0 aliphatic carbocycles. The third-order valence-electron chi connectivity index (χ3n) is 0.238. The second-order valence-electron chi connectivity index (χ2n) is 0.604. The molecule has 0 aromatic rings. The number of allylic oxidation sites excluding steroid dienone is 1. The van der Waals surface area contributed by atoms with Gasteiger partial charge in [-0.2, -0.15) is 0 Å². The average Bonchev–Trinajstić information content (AvgIpc) is 1.61. The summed E-state index contributed by atoms with van der Waals surface area (Å²) in [4.78, 5) is 10.6. The van der Waals surface area contributed by atoms with E-state index in [2.05, 4.69) is 0 Å². The summed E-state index contributed by atoms with van der Waals surface area (Å²) in [6, 6.07) is 0. The second kappa shape index (κ2) is 4.88. The standard InChI is InChI=1S/C3H3FGeO/c4-5-2-1-3-6/h1-3H/b2-1-. The molecule has 0 aliphatic rings. The van der Waals surface area contributed by atoms with Gasteiger partial charge in [0, 0.05) is 0 Å². The van der Waals surface area contributed by atoms with Crippen LogP contribution in [0.2, 0.25) is 0 Å². The number of aldehydes is 1. The van der Waals surface area contributed by atoms with Crippen molar-refractivity contribution in [1.29, 1.82) is 0 Å². The number of rotatable bonds is 2. The summed E-state index contributed by atoms with van der Waals surface area (Å²) in [6.45, 7) is 0. The van der Waals surface area contributed by atoms with E-state index in [0.717, 1.165) is 0 Å². The van der Waals surface area contributed by atoms with Gasteiger partial charge < -0.3 is 0 Å². The Balaban J connectivity index is 2.94. The van der Waals surface area contributed by atoms with E-state index in [-0.39, 0.29) is 0 Å². The molecule has 0 amide bonds.